The number of hydrogen-bond donors (Lipinski definition) is 2. The molecule has 0 aromatic carbocycles. The standard InChI is InChI=1S/C15H31N3O2/c1-15(2,3)17-14(19)9-13(10-16)18(4)7-8-20-11-12-5-6-12/h12-13H,5-11,16H2,1-4H3,(H,17,19). The topological polar surface area (TPSA) is 67.6 Å². The first-order valence-corrected chi connectivity index (χ1v) is 7.61. The fourth-order valence-corrected chi connectivity index (χ4v) is 2.03. The minimum Gasteiger partial charge on any atom is -0.380 e. The van der Waals surface area contributed by atoms with Crippen molar-refractivity contribution in [1.82, 2.24) is 10.2 Å². The highest BCUT2D eigenvalue weighted by Crippen LogP contribution is 2.28. The molecule has 0 radical (unpaired) electrons. The fraction of sp³-hybridized carbons (Fsp3) is 0.933. The molecule has 5 nitrogen and oxygen atoms in total. The zero-order valence-electron chi connectivity index (χ0n) is 13.4. The lowest BCUT2D eigenvalue weighted by atomic mass is 10.1. The van der Waals surface area contributed by atoms with Crippen LogP contribution in [0.5, 0.6) is 0 Å². The molecule has 0 heterocycles. The highest BCUT2D eigenvalue weighted by atomic mass is 16.5. The molecule has 20 heavy (non-hydrogen) atoms. The van der Waals surface area contributed by atoms with Crippen LogP contribution in [0.2, 0.25) is 0 Å². The molecule has 0 aromatic heterocycles. The zero-order valence-corrected chi connectivity index (χ0v) is 13.4. The van der Waals surface area contributed by atoms with E-state index >= 15 is 0 Å². The molecule has 1 aliphatic carbocycles. The molecular formula is C15H31N3O2. The number of carbonyl (C=O) groups is 1. The van der Waals surface area contributed by atoms with Crippen molar-refractivity contribution in [3.05, 3.63) is 0 Å². The van der Waals surface area contributed by atoms with Gasteiger partial charge < -0.3 is 15.8 Å². The van der Waals surface area contributed by atoms with E-state index in [1.165, 1.54) is 12.8 Å². The molecule has 1 amide bonds. The summed E-state index contributed by atoms with van der Waals surface area (Å²) in [4.78, 5) is 14.1. The summed E-state index contributed by atoms with van der Waals surface area (Å²) in [6.45, 7) is 8.84. The smallest absolute Gasteiger partial charge is 0.222 e. The van der Waals surface area contributed by atoms with Gasteiger partial charge in [0.05, 0.1) is 6.61 Å². The molecule has 1 fully saturated rings. The number of nitrogens with two attached hydrogens (primary N) is 1. The maximum absolute atomic E-state index is 11.9. The quantitative estimate of drug-likeness (QED) is 0.620. The van der Waals surface area contributed by atoms with Gasteiger partial charge in [-0.1, -0.05) is 0 Å². The van der Waals surface area contributed by atoms with Gasteiger partial charge in [-0.15, -0.1) is 0 Å². The third-order valence-corrected chi connectivity index (χ3v) is 3.47. The van der Waals surface area contributed by atoms with E-state index in [1.807, 2.05) is 27.8 Å². The number of hydrogen-bond acceptors (Lipinski definition) is 4. The van der Waals surface area contributed by atoms with Crippen molar-refractivity contribution >= 4 is 5.91 Å². The number of amides is 1. The van der Waals surface area contributed by atoms with E-state index in [0.717, 1.165) is 19.1 Å². The number of nitrogens with one attached hydrogen (secondary N) is 1. The highest BCUT2D eigenvalue weighted by molar-refractivity contribution is 5.77. The van der Waals surface area contributed by atoms with Gasteiger partial charge in [-0.05, 0) is 46.6 Å². The molecule has 1 aliphatic rings. The predicted octanol–water partition coefficient (Wildman–Crippen LogP) is 0.977. The van der Waals surface area contributed by atoms with Crippen molar-refractivity contribution < 1.29 is 9.53 Å². The van der Waals surface area contributed by atoms with Crippen molar-refractivity contribution in [2.24, 2.45) is 11.7 Å². The van der Waals surface area contributed by atoms with E-state index in [0.29, 0.717) is 19.6 Å². The maximum atomic E-state index is 11.9. The summed E-state index contributed by atoms with van der Waals surface area (Å²) in [7, 11) is 2.00. The highest BCUT2D eigenvalue weighted by Gasteiger charge is 2.22. The lowest BCUT2D eigenvalue weighted by Gasteiger charge is -2.28. The Morgan fingerprint density at radius 1 is 1.45 bits per heavy atom. The summed E-state index contributed by atoms with van der Waals surface area (Å²) in [5, 5.41) is 2.98. The number of nitrogens with zero attached hydrogens (tertiary/aromatic N) is 1. The molecule has 0 spiro atoms. The van der Waals surface area contributed by atoms with Gasteiger partial charge in [0.2, 0.25) is 5.91 Å². The third kappa shape index (κ3) is 7.82. The minimum atomic E-state index is -0.192. The number of carbonyl (C=O) groups excluding carboxylic acids is 1. The summed E-state index contributed by atoms with van der Waals surface area (Å²) in [6, 6.07) is 0.0712. The first-order valence-electron chi connectivity index (χ1n) is 7.61. The van der Waals surface area contributed by atoms with Gasteiger partial charge in [0, 0.05) is 37.7 Å². The fourth-order valence-electron chi connectivity index (χ4n) is 2.03. The first-order chi connectivity index (χ1) is 9.31. The summed E-state index contributed by atoms with van der Waals surface area (Å²) < 4.78 is 5.63. The molecule has 1 unspecified atom stereocenters. The average molecular weight is 285 g/mol. The Morgan fingerprint density at radius 2 is 2.10 bits per heavy atom. The van der Waals surface area contributed by atoms with Crippen LogP contribution in [0, 0.1) is 5.92 Å². The molecule has 1 atom stereocenters. The van der Waals surface area contributed by atoms with Crippen molar-refractivity contribution in [2.75, 3.05) is 33.4 Å². The Kier molecular flexibility index (Phi) is 6.92. The van der Waals surface area contributed by atoms with Crippen LogP contribution < -0.4 is 11.1 Å². The maximum Gasteiger partial charge on any atom is 0.222 e. The van der Waals surface area contributed by atoms with Crippen LogP contribution in [0.15, 0.2) is 0 Å². The summed E-state index contributed by atoms with van der Waals surface area (Å²) in [5.74, 6) is 0.849. The van der Waals surface area contributed by atoms with Gasteiger partial charge in [0.15, 0.2) is 0 Å². The summed E-state index contributed by atoms with van der Waals surface area (Å²) in [5.41, 5.74) is 5.59. The van der Waals surface area contributed by atoms with E-state index in [4.69, 9.17) is 10.5 Å². The van der Waals surface area contributed by atoms with E-state index in [2.05, 4.69) is 10.2 Å². The molecule has 0 saturated heterocycles. The first kappa shape index (κ1) is 17.4. The number of ether oxygens (including phenoxy) is 1. The lowest BCUT2D eigenvalue weighted by molar-refractivity contribution is -0.123. The van der Waals surface area contributed by atoms with Gasteiger partial charge in [0.1, 0.15) is 0 Å². The second-order valence-electron chi connectivity index (χ2n) is 6.89. The summed E-state index contributed by atoms with van der Waals surface area (Å²) in [6.07, 6.45) is 3.06. The van der Waals surface area contributed by atoms with Crippen LogP contribution in [0.3, 0.4) is 0 Å². The van der Waals surface area contributed by atoms with Gasteiger partial charge in [-0.2, -0.15) is 0 Å². The summed E-state index contributed by atoms with van der Waals surface area (Å²) >= 11 is 0. The van der Waals surface area contributed by atoms with Crippen molar-refractivity contribution in [2.45, 2.75) is 51.6 Å². The van der Waals surface area contributed by atoms with Gasteiger partial charge in [0.25, 0.3) is 0 Å². The second-order valence-corrected chi connectivity index (χ2v) is 6.89. The van der Waals surface area contributed by atoms with E-state index in [9.17, 15) is 4.79 Å². The molecule has 0 aromatic rings. The number of likely N-dealkylation sites (N-methyl/N-ethyl adjacent to an activating group) is 1. The van der Waals surface area contributed by atoms with Crippen LogP contribution in [0.25, 0.3) is 0 Å². The predicted molar refractivity (Wildman–Crippen MR) is 81.5 cm³/mol. The largest absolute Gasteiger partial charge is 0.380 e. The Bertz CT molecular complexity index is 298. The van der Waals surface area contributed by atoms with Gasteiger partial charge in [-0.3, -0.25) is 9.69 Å². The van der Waals surface area contributed by atoms with Gasteiger partial charge >= 0.3 is 0 Å². The zero-order chi connectivity index (χ0) is 15.2. The normalized spacial score (nSPS) is 17.3. The molecule has 5 heteroatoms. The lowest BCUT2D eigenvalue weighted by Crippen LogP contribution is -2.47. The van der Waals surface area contributed by atoms with E-state index in [1.54, 1.807) is 0 Å². The van der Waals surface area contributed by atoms with Crippen molar-refractivity contribution in [1.29, 1.82) is 0 Å². The second kappa shape index (κ2) is 7.96. The Labute approximate surface area is 123 Å². The van der Waals surface area contributed by atoms with Crippen molar-refractivity contribution in [3.63, 3.8) is 0 Å². The van der Waals surface area contributed by atoms with Gasteiger partial charge in [-0.25, -0.2) is 0 Å². The molecule has 1 rings (SSSR count). The molecule has 0 bridgehead atoms. The van der Waals surface area contributed by atoms with Crippen LogP contribution >= 0.6 is 0 Å². The van der Waals surface area contributed by atoms with E-state index < -0.39 is 0 Å². The van der Waals surface area contributed by atoms with Crippen LogP contribution in [0.4, 0.5) is 0 Å². The Hall–Kier alpha value is -0.650. The molecule has 0 aliphatic heterocycles. The molecule has 3 N–H and O–H groups in total. The molecule has 1 saturated carbocycles. The average Bonchev–Trinajstić information content (AvgIpc) is 3.13. The van der Waals surface area contributed by atoms with Crippen LogP contribution in [-0.2, 0) is 9.53 Å². The minimum absolute atomic E-state index is 0.0544. The monoisotopic (exact) mass is 285 g/mol. The third-order valence-electron chi connectivity index (χ3n) is 3.47. The van der Waals surface area contributed by atoms with Crippen molar-refractivity contribution in [3.8, 4) is 0 Å². The Morgan fingerprint density at radius 3 is 2.60 bits per heavy atom. The number of rotatable bonds is 9. The van der Waals surface area contributed by atoms with Crippen LogP contribution in [0.1, 0.15) is 40.0 Å². The molecular weight excluding hydrogens is 254 g/mol. The van der Waals surface area contributed by atoms with Crippen LogP contribution in [-0.4, -0.2) is 55.7 Å². The Balaban J connectivity index is 2.22. The van der Waals surface area contributed by atoms with E-state index in [-0.39, 0.29) is 17.5 Å². The molecule has 118 valence electrons. The SMILES string of the molecule is CN(CCOCC1CC1)C(CN)CC(=O)NC(C)(C)C.